The zero-order valence-electron chi connectivity index (χ0n) is 10.2. The van der Waals surface area contributed by atoms with E-state index in [2.05, 4.69) is 6.07 Å². The van der Waals surface area contributed by atoms with Crippen LogP contribution in [0.4, 0.5) is 0 Å². The van der Waals surface area contributed by atoms with Gasteiger partial charge in [-0.25, -0.2) is 0 Å². The van der Waals surface area contributed by atoms with E-state index in [9.17, 15) is 9.59 Å². The Morgan fingerprint density at radius 3 is 2.78 bits per heavy atom. The number of aryl methyl sites for hydroxylation is 1. The highest BCUT2D eigenvalue weighted by Crippen LogP contribution is 2.27. The summed E-state index contributed by atoms with van der Waals surface area (Å²) in [7, 11) is 0. The average Bonchev–Trinajstić information content (AvgIpc) is 3.03. The number of rotatable bonds is 7. The second-order valence-corrected chi connectivity index (χ2v) is 5.61. The smallest absolute Gasteiger partial charge is 0.323 e. The van der Waals surface area contributed by atoms with Crippen LogP contribution in [0.25, 0.3) is 0 Å². The van der Waals surface area contributed by atoms with E-state index in [1.807, 2.05) is 11.4 Å². The molecule has 0 aromatic carbocycles. The fourth-order valence-electron chi connectivity index (χ4n) is 1.97. The van der Waals surface area contributed by atoms with Gasteiger partial charge in [0.15, 0.2) is 0 Å². The number of carbonyl (C=O) groups is 2. The maximum absolute atomic E-state index is 12.0. The maximum Gasteiger partial charge on any atom is 0.323 e. The molecule has 1 saturated carbocycles. The van der Waals surface area contributed by atoms with Gasteiger partial charge in [0.2, 0.25) is 5.91 Å². The molecule has 1 aromatic heterocycles. The molecule has 0 aliphatic heterocycles. The molecule has 1 aromatic rings. The summed E-state index contributed by atoms with van der Waals surface area (Å²) in [5, 5.41) is 10.8. The number of carboxylic acid groups (broad SMARTS) is 1. The number of thiophene rings is 1. The van der Waals surface area contributed by atoms with E-state index >= 15 is 0 Å². The van der Waals surface area contributed by atoms with Gasteiger partial charge in [0, 0.05) is 17.3 Å². The van der Waals surface area contributed by atoms with E-state index in [1.54, 1.807) is 11.3 Å². The first-order valence-electron chi connectivity index (χ1n) is 6.20. The van der Waals surface area contributed by atoms with Crippen molar-refractivity contribution in [1.29, 1.82) is 0 Å². The van der Waals surface area contributed by atoms with Crippen molar-refractivity contribution in [3.8, 4) is 0 Å². The van der Waals surface area contributed by atoms with E-state index in [-0.39, 0.29) is 18.5 Å². The van der Waals surface area contributed by atoms with Crippen LogP contribution in [0, 0.1) is 0 Å². The molecule has 1 N–H and O–H groups in total. The molecule has 2 rings (SSSR count). The molecule has 1 heterocycles. The second kappa shape index (κ2) is 6.00. The van der Waals surface area contributed by atoms with Crippen LogP contribution in [0.1, 0.15) is 30.6 Å². The van der Waals surface area contributed by atoms with Crippen LogP contribution in [-0.2, 0) is 16.0 Å². The van der Waals surface area contributed by atoms with Gasteiger partial charge in [0.05, 0.1) is 0 Å². The summed E-state index contributed by atoms with van der Waals surface area (Å²) in [4.78, 5) is 25.5. The lowest BCUT2D eigenvalue weighted by Gasteiger charge is -2.20. The largest absolute Gasteiger partial charge is 0.480 e. The van der Waals surface area contributed by atoms with E-state index < -0.39 is 5.97 Å². The highest BCUT2D eigenvalue weighted by atomic mass is 32.1. The Labute approximate surface area is 110 Å². The molecule has 1 fully saturated rings. The molecule has 1 aliphatic carbocycles. The number of carboxylic acids is 1. The highest BCUT2D eigenvalue weighted by molar-refractivity contribution is 7.09. The summed E-state index contributed by atoms with van der Waals surface area (Å²) in [6, 6.07) is 4.24. The van der Waals surface area contributed by atoms with Crippen molar-refractivity contribution in [3.05, 3.63) is 22.4 Å². The van der Waals surface area contributed by atoms with Gasteiger partial charge >= 0.3 is 5.97 Å². The Morgan fingerprint density at radius 2 is 2.22 bits per heavy atom. The van der Waals surface area contributed by atoms with Gasteiger partial charge in [-0.2, -0.15) is 0 Å². The molecule has 1 aliphatic rings. The number of carbonyl (C=O) groups excluding carboxylic acids is 1. The lowest BCUT2D eigenvalue weighted by atomic mass is 10.2. The van der Waals surface area contributed by atoms with Crippen LogP contribution in [0.15, 0.2) is 17.5 Å². The Balaban J connectivity index is 1.76. The minimum atomic E-state index is -0.923. The molecule has 5 heteroatoms. The van der Waals surface area contributed by atoms with Gasteiger partial charge in [0.25, 0.3) is 0 Å². The summed E-state index contributed by atoms with van der Waals surface area (Å²) in [5.74, 6) is -0.940. The van der Waals surface area contributed by atoms with E-state index in [0.717, 1.165) is 25.7 Å². The third-order valence-electron chi connectivity index (χ3n) is 3.01. The van der Waals surface area contributed by atoms with E-state index in [0.29, 0.717) is 6.42 Å². The first kappa shape index (κ1) is 13.1. The average molecular weight is 267 g/mol. The molecule has 0 unspecified atom stereocenters. The third-order valence-corrected chi connectivity index (χ3v) is 3.94. The summed E-state index contributed by atoms with van der Waals surface area (Å²) in [6.45, 7) is -0.150. The maximum atomic E-state index is 12.0. The fourth-order valence-corrected chi connectivity index (χ4v) is 2.72. The van der Waals surface area contributed by atoms with E-state index in [4.69, 9.17) is 5.11 Å². The third kappa shape index (κ3) is 3.84. The van der Waals surface area contributed by atoms with Crippen molar-refractivity contribution in [2.24, 2.45) is 0 Å². The van der Waals surface area contributed by atoms with Gasteiger partial charge < -0.3 is 10.0 Å². The standard InChI is InChI=1S/C13H17NO3S/c15-12(5-1-3-11-4-2-8-18-11)14(9-13(16)17)10-6-7-10/h2,4,8,10H,1,3,5-7,9H2,(H,16,17). The van der Waals surface area contributed by atoms with Crippen LogP contribution in [-0.4, -0.2) is 34.5 Å². The van der Waals surface area contributed by atoms with E-state index in [1.165, 1.54) is 9.78 Å². The number of hydrogen-bond acceptors (Lipinski definition) is 3. The molecular formula is C13H17NO3S. The molecular weight excluding hydrogens is 250 g/mol. The Hall–Kier alpha value is -1.36. The summed E-state index contributed by atoms with van der Waals surface area (Å²) < 4.78 is 0. The zero-order valence-corrected chi connectivity index (χ0v) is 11.0. The predicted molar refractivity (Wildman–Crippen MR) is 69.6 cm³/mol. The van der Waals surface area contributed by atoms with Crippen LogP contribution < -0.4 is 0 Å². The number of amides is 1. The molecule has 1 amide bonds. The molecule has 0 saturated heterocycles. The van der Waals surface area contributed by atoms with Crippen molar-refractivity contribution in [2.45, 2.75) is 38.1 Å². The normalized spacial score (nSPS) is 14.4. The summed E-state index contributed by atoms with van der Waals surface area (Å²) in [5.41, 5.74) is 0. The topological polar surface area (TPSA) is 57.6 Å². The van der Waals surface area contributed by atoms with Crippen LogP contribution >= 0.6 is 11.3 Å². The van der Waals surface area contributed by atoms with Crippen LogP contribution in [0.3, 0.4) is 0 Å². The lowest BCUT2D eigenvalue weighted by molar-refractivity contribution is -0.144. The first-order valence-corrected chi connectivity index (χ1v) is 7.08. The Morgan fingerprint density at radius 1 is 1.44 bits per heavy atom. The Bertz CT molecular complexity index is 412. The van der Waals surface area contributed by atoms with Crippen molar-refractivity contribution in [2.75, 3.05) is 6.54 Å². The first-order chi connectivity index (χ1) is 8.66. The van der Waals surface area contributed by atoms with Crippen LogP contribution in [0.2, 0.25) is 0 Å². The highest BCUT2D eigenvalue weighted by Gasteiger charge is 2.33. The summed E-state index contributed by atoms with van der Waals surface area (Å²) in [6.07, 6.45) is 4.03. The zero-order chi connectivity index (χ0) is 13.0. The van der Waals surface area contributed by atoms with Gasteiger partial charge in [-0.3, -0.25) is 9.59 Å². The predicted octanol–water partition coefficient (Wildman–Crippen LogP) is 2.15. The van der Waals surface area contributed by atoms with Crippen molar-refractivity contribution in [1.82, 2.24) is 4.90 Å². The summed E-state index contributed by atoms with van der Waals surface area (Å²) >= 11 is 1.69. The Kier molecular flexibility index (Phi) is 4.36. The number of hydrogen-bond donors (Lipinski definition) is 1. The molecule has 0 spiro atoms. The monoisotopic (exact) mass is 267 g/mol. The van der Waals surface area contributed by atoms with Crippen molar-refractivity contribution < 1.29 is 14.7 Å². The minimum Gasteiger partial charge on any atom is -0.480 e. The fraction of sp³-hybridized carbons (Fsp3) is 0.538. The number of aliphatic carboxylic acids is 1. The van der Waals surface area contributed by atoms with Crippen LogP contribution in [0.5, 0.6) is 0 Å². The van der Waals surface area contributed by atoms with Gasteiger partial charge in [-0.05, 0) is 37.1 Å². The molecule has 4 nitrogen and oxygen atoms in total. The molecule has 0 bridgehead atoms. The molecule has 98 valence electrons. The van der Waals surface area contributed by atoms with Gasteiger partial charge in [-0.15, -0.1) is 11.3 Å². The molecule has 18 heavy (non-hydrogen) atoms. The second-order valence-electron chi connectivity index (χ2n) is 4.58. The SMILES string of the molecule is O=C(O)CN(C(=O)CCCc1cccs1)C1CC1. The molecule has 0 radical (unpaired) electrons. The number of nitrogens with zero attached hydrogens (tertiary/aromatic N) is 1. The van der Waals surface area contributed by atoms with Crippen molar-refractivity contribution in [3.63, 3.8) is 0 Å². The molecule has 0 atom stereocenters. The van der Waals surface area contributed by atoms with Gasteiger partial charge in [0.1, 0.15) is 6.54 Å². The lowest BCUT2D eigenvalue weighted by Crippen LogP contribution is -2.37. The quantitative estimate of drug-likeness (QED) is 0.823. The van der Waals surface area contributed by atoms with Gasteiger partial charge in [-0.1, -0.05) is 6.07 Å². The van der Waals surface area contributed by atoms with Crippen molar-refractivity contribution >= 4 is 23.2 Å². The minimum absolute atomic E-state index is 0.0172.